The minimum atomic E-state index is 0.534. The summed E-state index contributed by atoms with van der Waals surface area (Å²) in [6.45, 7) is 3.99. The van der Waals surface area contributed by atoms with Gasteiger partial charge >= 0.3 is 0 Å². The fraction of sp³-hybridized carbons (Fsp3) is 0.263. The Bertz CT molecular complexity index is 897. The van der Waals surface area contributed by atoms with E-state index in [0.717, 1.165) is 49.2 Å². The average Bonchev–Trinajstić information content (AvgIpc) is 3.10. The highest BCUT2D eigenvalue weighted by Gasteiger charge is 2.16. The number of likely N-dealkylation sites (N-methyl/N-ethyl adjacent to an activating group) is 1. The zero-order valence-corrected chi connectivity index (χ0v) is 14.1. The minimum absolute atomic E-state index is 0.534. The smallest absolute Gasteiger partial charge is 0.153 e. The number of hydrogen-bond acceptors (Lipinski definition) is 5. The van der Waals surface area contributed by atoms with Crippen molar-refractivity contribution >= 4 is 23.0 Å². The molecule has 1 saturated heterocycles. The van der Waals surface area contributed by atoms with Gasteiger partial charge in [0.1, 0.15) is 17.1 Å². The topological polar surface area (TPSA) is 61.5 Å². The van der Waals surface area contributed by atoms with E-state index in [1.807, 2.05) is 36.5 Å². The SMILES string of the molecule is CN1CCN(c2ccc(C=O)c(Oc3cnc4[nH]ccc4c3)c2)CC1. The predicted octanol–water partition coefficient (Wildman–Crippen LogP) is 2.92. The number of pyridine rings is 1. The van der Waals surface area contributed by atoms with E-state index in [9.17, 15) is 4.79 Å². The number of carbonyl (C=O) groups is 1. The maximum atomic E-state index is 11.4. The first-order valence-electron chi connectivity index (χ1n) is 8.36. The lowest BCUT2D eigenvalue weighted by molar-refractivity contribution is 0.112. The third kappa shape index (κ3) is 3.21. The van der Waals surface area contributed by atoms with E-state index in [1.165, 1.54) is 0 Å². The quantitative estimate of drug-likeness (QED) is 0.742. The molecule has 1 N–H and O–H groups in total. The number of nitrogens with zero attached hydrogens (tertiary/aromatic N) is 3. The molecule has 2 aromatic heterocycles. The standard InChI is InChI=1S/C19H20N4O2/c1-22-6-8-23(9-7-22)16-3-2-15(13-24)18(11-16)25-17-10-14-4-5-20-19(14)21-12-17/h2-5,10-13H,6-9H2,1H3,(H,20,21). The van der Waals surface area contributed by atoms with Gasteiger partial charge in [-0.3, -0.25) is 4.79 Å². The highest BCUT2D eigenvalue weighted by Crippen LogP contribution is 2.30. The zero-order chi connectivity index (χ0) is 17.2. The molecule has 6 heteroatoms. The monoisotopic (exact) mass is 336 g/mol. The van der Waals surface area contributed by atoms with Gasteiger partial charge in [-0.2, -0.15) is 0 Å². The summed E-state index contributed by atoms with van der Waals surface area (Å²) in [5.41, 5.74) is 2.42. The predicted molar refractivity (Wildman–Crippen MR) is 97.7 cm³/mol. The van der Waals surface area contributed by atoms with Gasteiger partial charge < -0.3 is 19.5 Å². The molecular weight excluding hydrogens is 316 g/mol. The van der Waals surface area contributed by atoms with Crippen molar-refractivity contribution in [2.24, 2.45) is 0 Å². The van der Waals surface area contributed by atoms with Gasteiger partial charge in [0.2, 0.25) is 0 Å². The number of ether oxygens (including phenoxy) is 1. The molecule has 0 atom stereocenters. The number of benzene rings is 1. The summed E-state index contributed by atoms with van der Waals surface area (Å²) in [5.74, 6) is 1.17. The van der Waals surface area contributed by atoms with Gasteiger partial charge in [0.05, 0.1) is 11.8 Å². The normalized spacial score (nSPS) is 15.5. The highest BCUT2D eigenvalue weighted by molar-refractivity contribution is 5.81. The van der Waals surface area contributed by atoms with Gasteiger partial charge in [-0.05, 0) is 31.3 Å². The van der Waals surface area contributed by atoms with Crippen molar-refractivity contribution < 1.29 is 9.53 Å². The third-order valence-corrected chi connectivity index (χ3v) is 4.60. The van der Waals surface area contributed by atoms with E-state index < -0.39 is 0 Å². The Balaban J connectivity index is 1.62. The van der Waals surface area contributed by atoms with Gasteiger partial charge in [0.15, 0.2) is 6.29 Å². The third-order valence-electron chi connectivity index (χ3n) is 4.60. The first kappa shape index (κ1) is 15.7. The van der Waals surface area contributed by atoms with Gasteiger partial charge in [0, 0.05) is 49.5 Å². The number of carbonyl (C=O) groups excluding carboxylic acids is 1. The van der Waals surface area contributed by atoms with Crippen LogP contribution in [-0.4, -0.2) is 54.4 Å². The molecule has 0 amide bonds. The van der Waals surface area contributed by atoms with Crippen molar-refractivity contribution in [3.63, 3.8) is 0 Å². The van der Waals surface area contributed by atoms with Crippen molar-refractivity contribution in [2.45, 2.75) is 0 Å². The van der Waals surface area contributed by atoms with E-state index in [0.29, 0.717) is 17.1 Å². The molecule has 3 heterocycles. The summed E-state index contributed by atoms with van der Waals surface area (Å²) in [7, 11) is 2.13. The summed E-state index contributed by atoms with van der Waals surface area (Å²) in [5, 5.41) is 0.973. The average molecular weight is 336 g/mol. The Morgan fingerprint density at radius 3 is 2.80 bits per heavy atom. The number of anilines is 1. The molecule has 1 aliphatic rings. The largest absolute Gasteiger partial charge is 0.455 e. The van der Waals surface area contributed by atoms with Crippen molar-refractivity contribution in [2.75, 3.05) is 38.1 Å². The first-order chi connectivity index (χ1) is 12.2. The Labute approximate surface area is 146 Å². The van der Waals surface area contributed by atoms with Crippen LogP contribution in [-0.2, 0) is 0 Å². The number of aldehydes is 1. The molecular formula is C19H20N4O2. The molecule has 3 aromatic rings. The van der Waals surface area contributed by atoms with Crippen LogP contribution in [0.1, 0.15) is 10.4 Å². The maximum absolute atomic E-state index is 11.4. The number of rotatable bonds is 4. The Hall–Kier alpha value is -2.86. The van der Waals surface area contributed by atoms with E-state index in [4.69, 9.17) is 4.74 Å². The lowest BCUT2D eigenvalue weighted by Gasteiger charge is -2.34. The second-order valence-electron chi connectivity index (χ2n) is 6.32. The van der Waals surface area contributed by atoms with Crippen molar-refractivity contribution in [1.82, 2.24) is 14.9 Å². The first-order valence-corrected chi connectivity index (χ1v) is 8.36. The van der Waals surface area contributed by atoms with Crippen LogP contribution in [0.4, 0.5) is 5.69 Å². The van der Waals surface area contributed by atoms with Crippen LogP contribution in [0.15, 0.2) is 42.7 Å². The lowest BCUT2D eigenvalue weighted by atomic mass is 10.1. The number of aromatic amines is 1. The maximum Gasteiger partial charge on any atom is 0.153 e. The van der Waals surface area contributed by atoms with Gasteiger partial charge in [0.25, 0.3) is 0 Å². The van der Waals surface area contributed by atoms with Crippen LogP contribution in [0.2, 0.25) is 0 Å². The van der Waals surface area contributed by atoms with Crippen LogP contribution in [0.5, 0.6) is 11.5 Å². The number of aromatic nitrogens is 2. The van der Waals surface area contributed by atoms with Crippen molar-refractivity contribution in [1.29, 1.82) is 0 Å². The molecule has 6 nitrogen and oxygen atoms in total. The lowest BCUT2D eigenvalue weighted by Crippen LogP contribution is -2.44. The fourth-order valence-electron chi connectivity index (χ4n) is 3.07. The number of nitrogens with one attached hydrogen (secondary N) is 1. The molecule has 0 unspecified atom stereocenters. The summed E-state index contributed by atoms with van der Waals surface area (Å²) >= 11 is 0. The van der Waals surface area contributed by atoms with Crippen molar-refractivity contribution in [3.8, 4) is 11.5 Å². The van der Waals surface area contributed by atoms with E-state index >= 15 is 0 Å². The summed E-state index contributed by atoms with van der Waals surface area (Å²) < 4.78 is 5.99. The van der Waals surface area contributed by atoms with Gasteiger partial charge in [-0.1, -0.05) is 0 Å². The summed E-state index contributed by atoms with van der Waals surface area (Å²) in [6, 6.07) is 9.59. The molecule has 25 heavy (non-hydrogen) atoms. The molecule has 0 radical (unpaired) electrons. The van der Waals surface area contributed by atoms with Crippen molar-refractivity contribution in [3.05, 3.63) is 48.3 Å². The van der Waals surface area contributed by atoms with Crippen LogP contribution >= 0.6 is 0 Å². The van der Waals surface area contributed by atoms with Crippen LogP contribution in [0.3, 0.4) is 0 Å². The molecule has 0 spiro atoms. The molecule has 1 aliphatic heterocycles. The van der Waals surface area contributed by atoms with Crippen LogP contribution in [0, 0.1) is 0 Å². The van der Waals surface area contributed by atoms with Crippen LogP contribution in [0.25, 0.3) is 11.0 Å². The Morgan fingerprint density at radius 2 is 2.00 bits per heavy atom. The number of fused-ring (bicyclic) bond motifs is 1. The highest BCUT2D eigenvalue weighted by atomic mass is 16.5. The summed E-state index contributed by atoms with van der Waals surface area (Å²) in [4.78, 5) is 23.4. The van der Waals surface area contributed by atoms with E-state index in [1.54, 1.807) is 6.20 Å². The second-order valence-corrected chi connectivity index (χ2v) is 6.32. The molecule has 1 aromatic carbocycles. The number of piperazine rings is 1. The summed E-state index contributed by atoms with van der Waals surface area (Å²) in [6.07, 6.45) is 4.33. The second kappa shape index (κ2) is 6.57. The molecule has 1 fully saturated rings. The van der Waals surface area contributed by atoms with Gasteiger partial charge in [-0.15, -0.1) is 0 Å². The molecule has 0 saturated carbocycles. The van der Waals surface area contributed by atoms with E-state index in [-0.39, 0.29) is 0 Å². The minimum Gasteiger partial charge on any atom is -0.455 e. The molecule has 0 aliphatic carbocycles. The van der Waals surface area contributed by atoms with E-state index in [2.05, 4.69) is 26.8 Å². The number of H-pyrrole nitrogens is 1. The Kier molecular flexibility index (Phi) is 4.11. The molecule has 4 rings (SSSR count). The zero-order valence-electron chi connectivity index (χ0n) is 14.1. The Morgan fingerprint density at radius 1 is 1.16 bits per heavy atom. The number of hydrogen-bond donors (Lipinski definition) is 1. The molecule has 128 valence electrons. The fourth-order valence-corrected chi connectivity index (χ4v) is 3.07. The van der Waals surface area contributed by atoms with Gasteiger partial charge in [-0.25, -0.2) is 4.98 Å². The molecule has 0 bridgehead atoms. The van der Waals surface area contributed by atoms with Crippen LogP contribution < -0.4 is 9.64 Å².